The first-order valence-electron chi connectivity index (χ1n) is 5.00. The van der Waals surface area contributed by atoms with Gasteiger partial charge in [-0.3, -0.25) is 0 Å². The second kappa shape index (κ2) is 6.02. The van der Waals surface area contributed by atoms with Gasteiger partial charge in [0.1, 0.15) is 5.07 Å². The van der Waals surface area contributed by atoms with E-state index < -0.39 is 13.7 Å². The summed E-state index contributed by atoms with van der Waals surface area (Å²) in [6.07, 6.45) is 0.895. The van der Waals surface area contributed by atoms with E-state index in [9.17, 15) is 9.69 Å². The highest BCUT2D eigenvalue weighted by atomic mass is 31.2. The van der Waals surface area contributed by atoms with Crippen molar-refractivity contribution in [3.63, 3.8) is 0 Å². The number of ether oxygens (including phenoxy) is 1. The predicted molar refractivity (Wildman–Crippen MR) is 63.3 cm³/mol. The van der Waals surface area contributed by atoms with Crippen LogP contribution in [0.15, 0.2) is 24.4 Å². The molecule has 0 aliphatic carbocycles. The maximum atomic E-state index is 11.7. The lowest BCUT2D eigenvalue weighted by atomic mass is 10.5. The number of carbonyl (C=O) groups is 1. The molecule has 0 bridgehead atoms. The average Bonchev–Trinajstić information content (AvgIpc) is 2.38. The Kier molecular flexibility index (Phi) is 4.96. The van der Waals surface area contributed by atoms with Crippen molar-refractivity contribution >= 4 is 13.7 Å². The smallest absolute Gasteiger partial charge is 0.418 e. The standard InChI is InChI=1S/C10H16NO5P/c1-4-16-10(12)11-8-6-5-7-9(11)17(13,14-2)15-3/h5-8,13H,4H2,1-3H3. The molecule has 0 aromatic carbocycles. The van der Waals surface area contributed by atoms with Gasteiger partial charge in [-0.25, -0.2) is 9.36 Å². The van der Waals surface area contributed by atoms with Crippen LogP contribution in [-0.2, 0) is 13.8 Å². The lowest BCUT2D eigenvalue weighted by molar-refractivity contribution is 0.152. The molecule has 1 aromatic rings. The van der Waals surface area contributed by atoms with E-state index in [2.05, 4.69) is 0 Å². The number of hydrogen-bond acceptors (Lipinski definition) is 5. The summed E-state index contributed by atoms with van der Waals surface area (Å²) in [4.78, 5) is 21.8. The summed E-state index contributed by atoms with van der Waals surface area (Å²) in [6.45, 7) is 1.95. The molecule has 0 aliphatic heterocycles. The van der Waals surface area contributed by atoms with E-state index in [1.165, 1.54) is 25.0 Å². The lowest BCUT2D eigenvalue weighted by Crippen LogP contribution is -2.15. The van der Waals surface area contributed by atoms with Crippen molar-refractivity contribution in [1.82, 2.24) is 4.57 Å². The highest BCUT2D eigenvalue weighted by molar-refractivity contribution is 7.52. The molecule has 0 amide bonds. The summed E-state index contributed by atoms with van der Waals surface area (Å²) in [6, 6.07) is 4.88. The Morgan fingerprint density at radius 3 is 2.59 bits per heavy atom. The second-order valence-electron chi connectivity index (χ2n) is 3.01. The van der Waals surface area contributed by atoms with Crippen LogP contribution in [-0.4, -0.2) is 36.4 Å². The number of rotatable bonds is 3. The fraction of sp³-hybridized carbons (Fsp3) is 0.400. The summed E-state index contributed by atoms with van der Waals surface area (Å²) in [5.41, 5.74) is 0. The Morgan fingerprint density at radius 2 is 2.06 bits per heavy atom. The van der Waals surface area contributed by atoms with Crippen molar-refractivity contribution in [2.24, 2.45) is 0 Å². The van der Waals surface area contributed by atoms with Crippen LogP contribution in [0, 0.1) is 5.07 Å². The van der Waals surface area contributed by atoms with Gasteiger partial charge in [-0.2, -0.15) is 0 Å². The van der Waals surface area contributed by atoms with Gasteiger partial charge >= 0.3 is 6.09 Å². The quantitative estimate of drug-likeness (QED) is 0.843. The van der Waals surface area contributed by atoms with Crippen LogP contribution in [0.1, 0.15) is 6.92 Å². The van der Waals surface area contributed by atoms with Crippen LogP contribution < -0.4 is 0 Å². The van der Waals surface area contributed by atoms with Gasteiger partial charge in [-0.05, 0) is 19.1 Å². The molecule has 0 atom stereocenters. The van der Waals surface area contributed by atoms with Crippen molar-refractivity contribution in [3.8, 4) is 0 Å². The molecule has 0 saturated heterocycles. The second-order valence-corrected chi connectivity index (χ2v) is 5.24. The van der Waals surface area contributed by atoms with Gasteiger partial charge in [0.25, 0.3) is 7.57 Å². The molecule has 1 heterocycles. The van der Waals surface area contributed by atoms with Crippen LogP contribution in [0.3, 0.4) is 0 Å². The minimum absolute atomic E-state index is 0.239. The van der Waals surface area contributed by atoms with E-state index in [1.54, 1.807) is 25.1 Å². The number of carbonyl (C=O) groups excluding carboxylic acids is 1. The van der Waals surface area contributed by atoms with Crippen molar-refractivity contribution in [2.45, 2.75) is 6.92 Å². The van der Waals surface area contributed by atoms with E-state index in [0.29, 0.717) is 0 Å². The Labute approximate surface area is 99.6 Å². The molecule has 6 nitrogen and oxygen atoms in total. The van der Waals surface area contributed by atoms with E-state index in [-0.39, 0.29) is 11.7 Å². The number of hydrogen-bond donors (Lipinski definition) is 1. The minimum atomic E-state index is -3.24. The molecule has 1 N–H and O–H groups in total. The SMILES string of the molecule is CCOC(=O)n1ccccc1=P(O)(OC)OC. The molecule has 0 spiro atoms. The third kappa shape index (κ3) is 2.98. The Balaban J connectivity index is 3.50. The molecule has 0 unspecified atom stereocenters. The van der Waals surface area contributed by atoms with Crippen LogP contribution in [0.25, 0.3) is 0 Å². The van der Waals surface area contributed by atoms with Gasteiger partial charge < -0.3 is 18.7 Å². The van der Waals surface area contributed by atoms with Crippen molar-refractivity contribution in [1.29, 1.82) is 0 Å². The molecule has 0 saturated carbocycles. The predicted octanol–water partition coefficient (Wildman–Crippen LogP) is 2.07. The van der Waals surface area contributed by atoms with E-state index in [0.717, 1.165) is 0 Å². The summed E-state index contributed by atoms with van der Waals surface area (Å²) in [5, 5.41) is 0.239. The molecule has 0 aliphatic rings. The molecule has 0 radical (unpaired) electrons. The van der Waals surface area contributed by atoms with Crippen LogP contribution >= 0.6 is 7.57 Å². The summed E-state index contributed by atoms with van der Waals surface area (Å²) >= 11 is 0. The van der Waals surface area contributed by atoms with Crippen LogP contribution in [0.2, 0.25) is 0 Å². The summed E-state index contributed by atoms with van der Waals surface area (Å²) < 4.78 is 16.0. The van der Waals surface area contributed by atoms with Gasteiger partial charge in [-0.15, -0.1) is 0 Å². The zero-order valence-corrected chi connectivity index (χ0v) is 10.9. The van der Waals surface area contributed by atoms with Gasteiger partial charge in [0, 0.05) is 20.4 Å². The first-order chi connectivity index (χ1) is 8.09. The largest absolute Gasteiger partial charge is 0.449 e. The number of pyridine rings is 1. The monoisotopic (exact) mass is 261 g/mol. The topological polar surface area (TPSA) is 69.9 Å². The lowest BCUT2D eigenvalue weighted by Gasteiger charge is -2.16. The fourth-order valence-corrected chi connectivity index (χ4v) is 2.49. The molecule has 7 heteroatoms. The molecule has 17 heavy (non-hydrogen) atoms. The van der Waals surface area contributed by atoms with Crippen molar-refractivity contribution in [2.75, 3.05) is 20.8 Å². The van der Waals surface area contributed by atoms with E-state index in [1.807, 2.05) is 0 Å². The van der Waals surface area contributed by atoms with Gasteiger partial charge in [-0.1, -0.05) is 6.07 Å². The zero-order valence-electron chi connectivity index (χ0n) is 9.99. The van der Waals surface area contributed by atoms with Crippen LogP contribution in [0.4, 0.5) is 4.79 Å². The maximum absolute atomic E-state index is 11.7. The number of nitrogens with zero attached hydrogens (tertiary/aromatic N) is 1. The Bertz CT molecular complexity index is 474. The highest BCUT2D eigenvalue weighted by Crippen LogP contribution is 2.46. The molecule has 1 rings (SSSR count). The Hall–Kier alpha value is -1.07. The molecule has 96 valence electrons. The number of aromatic nitrogens is 1. The third-order valence-corrected chi connectivity index (χ3v) is 4.02. The van der Waals surface area contributed by atoms with Crippen molar-refractivity contribution < 1.29 is 23.5 Å². The fourth-order valence-electron chi connectivity index (χ4n) is 1.27. The maximum Gasteiger partial charge on any atom is 0.418 e. The van der Waals surface area contributed by atoms with Gasteiger partial charge in [0.05, 0.1) is 6.61 Å². The van der Waals surface area contributed by atoms with Crippen LogP contribution in [0.5, 0.6) is 0 Å². The molecular formula is C10H16NO5P. The first-order valence-corrected chi connectivity index (χ1v) is 6.58. The first kappa shape index (κ1) is 14.0. The Morgan fingerprint density at radius 1 is 1.41 bits per heavy atom. The molecular weight excluding hydrogens is 245 g/mol. The van der Waals surface area contributed by atoms with Crippen molar-refractivity contribution in [3.05, 3.63) is 29.5 Å². The highest BCUT2D eigenvalue weighted by Gasteiger charge is 2.17. The molecule has 0 fully saturated rings. The normalized spacial score (nSPS) is 11.3. The minimum Gasteiger partial charge on any atom is -0.449 e. The van der Waals surface area contributed by atoms with E-state index in [4.69, 9.17) is 13.8 Å². The summed E-state index contributed by atoms with van der Waals surface area (Å²) in [7, 11) is -0.598. The molecule has 1 aromatic heterocycles. The average molecular weight is 261 g/mol. The van der Waals surface area contributed by atoms with Gasteiger partial charge in [0.15, 0.2) is 0 Å². The summed E-state index contributed by atoms with van der Waals surface area (Å²) in [5.74, 6) is 0. The zero-order chi connectivity index (χ0) is 12.9. The third-order valence-electron chi connectivity index (χ3n) is 2.09. The van der Waals surface area contributed by atoms with Gasteiger partial charge in [0.2, 0.25) is 0 Å². The van der Waals surface area contributed by atoms with E-state index >= 15 is 0 Å².